The summed E-state index contributed by atoms with van der Waals surface area (Å²) in [6.45, 7) is 0. The molecule has 0 radical (unpaired) electrons. The van der Waals surface area contributed by atoms with Gasteiger partial charge in [0.2, 0.25) is 0 Å². The highest BCUT2D eigenvalue weighted by molar-refractivity contribution is 6.30. The molecule has 1 N–H and O–H groups in total. The van der Waals surface area contributed by atoms with Crippen molar-refractivity contribution in [2.24, 2.45) is 0 Å². The molecule has 2 aromatic carbocycles. The van der Waals surface area contributed by atoms with E-state index in [-0.39, 0.29) is 5.69 Å². The van der Waals surface area contributed by atoms with Gasteiger partial charge in [0, 0.05) is 16.0 Å². The molecule has 0 aliphatic rings. The van der Waals surface area contributed by atoms with E-state index < -0.39 is 0 Å². The van der Waals surface area contributed by atoms with E-state index in [4.69, 9.17) is 11.6 Å². The lowest BCUT2D eigenvalue weighted by Crippen LogP contribution is -2.17. The van der Waals surface area contributed by atoms with Gasteiger partial charge in [-0.15, -0.1) is 10.2 Å². The number of halogens is 1. The van der Waals surface area contributed by atoms with Crippen LogP contribution in [-0.2, 0) is 0 Å². The summed E-state index contributed by atoms with van der Waals surface area (Å²) in [5, 5.41) is 9.81. The molecule has 5 nitrogen and oxygen atoms in total. The summed E-state index contributed by atoms with van der Waals surface area (Å²) in [5.41, 5.74) is 1.80. The first-order valence-corrected chi connectivity index (χ1v) is 6.74. The molecule has 4 aromatic rings. The van der Waals surface area contributed by atoms with Crippen molar-refractivity contribution < 1.29 is 0 Å². The molecule has 0 aliphatic heterocycles. The van der Waals surface area contributed by atoms with Gasteiger partial charge in [0.15, 0.2) is 11.5 Å². The molecular formula is C15H9ClN4O. The van der Waals surface area contributed by atoms with Gasteiger partial charge in [0.1, 0.15) is 0 Å². The fourth-order valence-electron chi connectivity index (χ4n) is 2.40. The average molecular weight is 297 g/mol. The van der Waals surface area contributed by atoms with Crippen LogP contribution < -0.4 is 5.69 Å². The quantitative estimate of drug-likeness (QED) is 0.587. The average Bonchev–Trinajstić information content (AvgIpc) is 2.94. The number of para-hydroxylation sites is 1. The lowest BCUT2D eigenvalue weighted by atomic mass is 10.2. The molecule has 0 aliphatic carbocycles. The molecule has 6 heteroatoms. The molecular weight excluding hydrogens is 288 g/mol. The van der Waals surface area contributed by atoms with Crippen LogP contribution in [0.25, 0.3) is 27.9 Å². The second kappa shape index (κ2) is 4.43. The Kier molecular flexibility index (Phi) is 2.55. The minimum atomic E-state index is -0.265. The van der Waals surface area contributed by atoms with Gasteiger partial charge >= 0.3 is 5.69 Å². The monoisotopic (exact) mass is 296 g/mol. The molecule has 0 unspecified atom stereocenters. The number of hydrogen-bond donors (Lipinski definition) is 1. The molecule has 0 saturated carbocycles. The number of aromatic nitrogens is 4. The van der Waals surface area contributed by atoms with E-state index in [9.17, 15) is 4.79 Å². The van der Waals surface area contributed by atoms with E-state index in [1.165, 1.54) is 4.40 Å². The van der Waals surface area contributed by atoms with Gasteiger partial charge in [0.05, 0.1) is 5.52 Å². The topological polar surface area (TPSA) is 63.0 Å². The number of nitrogens with one attached hydrogen (secondary N) is 1. The number of nitrogens with zero attached hydrogens (tertiary/aromatic N) is 3. The number of H-pyrrole nitrogens is 1. The van der Waals surface area contributed by atoms with Crippen molar-refractivity contribution in [3.63, 3.8) is 0 Å². The molecule has 2 heterocycles. The van der Waals surface area contributed by atoms with Crippen molar-refractivity contribution in [3.8, 4) is 11.4 Å². The first-order chi connectivity index (χ1) is 10.2. The van der Waals surface area contributed by atoms with Gasteiger partial charge in [-0.25, -0.2) is 9.20 Å². The summed E-state index contributed by atoms with van der Waals surface area (Å²) in [6, 6.07) is 14.7. The van der Waals surface area contributed by atoms with Crippen molar-refractivity contribution in [1.29, 1.82) is 0 Å². The molecule has 21 heavy (non-hydrogen) atoms. The van der Waals surface area contributed by atoms with Crippen LogP contribution in [0.2, 0.25) is 5.02 Å². The van der Waals surface area contributed by atoms with Gasteiger partial charge in [-0.2, -0.15) is 0 Å². The summed E-state index contributed by atoms with van der Waals surface area (Å²) < 4.78 is 1.48. The Labute approximate surface area is 123 Å². The van der Waals surface area contributed by atoms with E-state index in [2.05, 4.69) is 15.2 Å². The maximum atomic E-state index is 12.3. The Hall–Kier alpha value is -2.66. The van der Waals surface area contributed by atoms with Crippen LogP contribution in [-0.4, -0.2) is 19.6 Å². The number of rotatable bonds is 1. The summed E-state index contributed by atoms with van der Waals surface area (Å²) >= 11 is 5.89. The fourth-order valence-corrected chi connectivity index (χ4v) is 2.52. The van der Waals surface area contributed by atoms with E-state index in [1.807, 2.05) is 36.4 Å². The summed E-state index contributed by atoms with van der Waals surface area (Å²) in [4.78, 5) is 15.2. The normalized spacial score (nSPS) is 11.3. The molecule has 4 rings (SSSR count). The molecule has 2 aromatic heterocycles. The van der Waals surface area contributed by atoms with E-state index in [0.29, 0.717) is 16.5 Å². The highest BCUT2D eigenvalue weighted by Gasteiger charge is 2.13. The van der Waals surface area contributed by atoms with E-state index >= 15 is 0 Å². The van der Waals surface area contributed by atoms with E-state index in [0.717, 1.165) is 16.5 Å². The van der Waals surface area contributed by atoms with Crippen LogP contribution in [0, 0.1) is 0 Å². The van der Waals surface area contributed by atoms with Crippen LogP contribution in [0.4, 0.5) is 0 Å². The number of benzene rings is 2. The van der Waals surface area contributed by atoms with Crippen molar-refractivity contribution in [3.05, 3.63) is 64.0 Å². The molecule has 102 valence electrons. The van der Waals surface area contributed by atoms with Crippen LogP contribution in [0.15, 0.2) is 53.3 Å². The number of fused-ring (bicyclic) bond motifs is 3. The zero-order valence-corrected chi connectivity index (χ0v) is 11.5. The Balaban J connectivity index is 2.11. The van der Waals surface area contributed by atoms with Crippen molar-refractivity contribution in [2.45, 2.75) is 0 Å². The molecule has 0 spiro atoms. The highest BCUT2D eigenvalue weighted by atomic mass is 35.5. The van der Waals surface area contributed by atoms with Crippen molar-refractivity contribution in [2.75, 3.05) is 0 Å². The lowest BCUT2D eigenvalue weighted by molar-refractivity contribution is 1.03. The number of hydrogen-bond acceptors (Lipinski definition) is 3. The Morgan fingerprint density at radius 1 is 1.00 bits per heavy atom. The van der Waals surface area contributed by atoms with Crippen molar-refractivity contribution >= 4 is 28.2 Å². The summed E-state index contributed by atoms with van der Waals surface area (Å²) in [7, 11) is 0. The summed E-state index contributed by atoms with van der Waals surface area (Å²) in [6.07, 6.45) is 0. The fraction of sp³-hybridized carbons (Fsp3) is 0. The third-order valence-corrected chi connectivity index (χ3v) is 3.63. The van der Waals surface area contributed by atoms with Gasteiger partial charge in [-0.1, -0.05) is 23.7 Å². The molecule has 0 atom stereocenters. The molecule has 0 amide bonds. The molecule has 0 saturated heterocycles. The van der Waals surface area contributed by atoms with Crippen molar-refractivity contribution in [1.82, 2.24) is 19.6 Å². The Bertz CT molecular complexity index is 1020. The summed E-state index contributed by atoms with van der Waals surface area (Å²) in [5.74, 6) is 0.494. The zero-order valence-electron chi connectivity index (χ0n) is 10.7. The largest absolute Gasteiger partial charge is 0.333 e. The van der Waals surface area contributed by atoms with Crippen LogP contribution in [0.5, 0.6) is 0 Å². The first kappa shape index (κ1) is 12.1. The first-order valence-electron chi connectivity index (χ1n) is 6.36. The van der Waals surface area contributed by atoms with Gasteiger partial charge < -0.3 is 4.98 Å². The standard InChI is InChI=1S/C15H9ClN4O/c16-10-7-5-9(6-8-10)13-18-19-14-11-3-1-2-4-12(11)17-15(21)20(13)14/h1-8H,(H,17,21). The minimum Gasteiger partial charge on any atom is -0.306 e. The Morgan fingerprint density at radius 3 is 2.57 bits per heavy atom. The predicted octanol–water partition coefficient (Wildman–Crippen LogP) is 2.89. The highest BCUT2D eigenvalue weighted by Crippen LogP contribution is 2.22. The zero-order chi connectivity index (χ0) is 14.4. The maximum Gasteiger partial charge on any atom is 0.333 e. The van der Waals surface area contributed by atoms with Gasteiger partial charge in [-0.05, 0) is 36.4 Å². The smallest absolute Gasteiger partial charge is 0.306 e. The maximum absolute atomic E-state index is 12.3. The van der Waals surface area contributed by atoms with Crippen LogP contribution in [0.3, 0.4) is 0 Å². The Morgan fingerprint density at radius 2 is 1.76 bits per heavy atom. The van der Waals surface area contributed by atoms with E-state index in [1.54, 1.807) is 12.1 Å². The SMILES string of the molecule is O=c1[nH]c2ccccc2c2nnc(-c3ccc(Cl)cc3)n12. The van der Waals surface area contributed by atoms with Crippen LogP contribution in [0.1, 0.15) is 0 Å². The third kappa shape index (κ3) is 1.82. The lowest BCUT2D eigenvalue weighted by Gasteiger charge is -2.02. The van der Waals surface area contributed by atoms with Crippen LogP contribution >= 0.6 is 11.6 Å². The van der Waals surface area contributed by atoms with Gasteiger partial charge in [0.25, 0.3) is 0 Å². The molecule has 0 fully saturated rings. The number of aromatic amines is 1. The van der Waals surface area contributed by atoms with Gasteiger partial charge in [-0.3, -0.25) is 0 Å². The predicted molar refractivity (Wildman–Crippen MR) is 81.6 cm³/mol. The molecule has 0 bridgehead atoms. The third-order valence-electron chi connectivity index (χ3n) is 3.38. The minimum absolute atomic E-state index is 0.265. The second-order valence-electron chi connectivity index (χ2n) is 4.67. The second-order valence-corrected chi connectivity index (χ2v) is 5.10.